The second-order valence-electron chi connectivity index (χ2n) is 10.2. The van der Waals surface area contributed by atoms with E-state index in [9.17, 15) is 8.42 Å². The lowest BCUT2D eigenvalue weighted by Crippen LogP contribution is -2.37. The van der Waals surface area contributed by atoms with Crippen LogP contribution in [-0.2, 0) is 10.0 Å². The fraction of sp³-hybridized carbons (Fsp3) is 0.273. The molecule has 1 aliphatic rings. The van der Waals surface area contributed by atoms with Crippen LogP contribution in [0.15, 0.2) is 124 Å². The predicted molar refractivity (Wildman–Crippen MR) is 157 cm³/mol. The highest BCUT2D eigenvalue weighted by atomic mass is 32.2. The number of hydrogen-bond acceptors (Lipinski definition) is 3. The van der Waals surface area contributed by atoms with Crippen LogP contribution < -0.4 is 10.0 Å². The molecule has 0 unspecified atom stereocenters. The molecule has 0 saturated heterocycles. The summed E-state index contributed by atoms with van der Waals surface area (Å²) >= 11 is 0. The number of hydrogen-bond donors (Lipinski definition) is 2. The molecule has 1 aliphatic carbocycles. The van der Waals surface area contributed by atoms with Crippen molar-refractivity contribution in [3.05, 3.63) is 136 Å². The van der Waals surface area contributed by atoms with Crippen molar-refractivity contribution in [2.75, 3.05) is 0 Å². The van der Waals surface area contributed by atoms with Crippen LogP contribution in [0.1, 0.15) is 62.9 Å². The van der Waals surface area contributed by atoms with Gasteiger partial charge in [0.1, 0.15) is 0 Å². The molecule has 198 valence electrons. The molecule has 0 bridgehead atoms. The fourth-order valence-electron chi connectivity index (χ4n) is 5.16. The van der Waals surface area contributed by atoms with Gasteiger partial charge < -0.3 is 5.32 Å². The van der Waals surface area contributed by atoms with Crippen molar-refractivity contribution in [2.45, 2.75) is 58.0 Å². The molecule has 4 rings (SSSR count). The Morgan fingerprint density at radius 1 is 0.711 bits per heavy atom. The van der Waals surface area contributed by atoms with Gasteiger partial charge in [-0.05, 0) is 81.6 Å². The summed E-state index contributed by atoms with van der Waals surface area (Å²) in [5.41, 5.74) is 8.54. The highest BCUT2D eigenvalue weighted by molar-refractivity contribution is 7.89. The standard InChI is InChI=1S/C33H38N2O2S/c1-23-18-20-30(21-19-23)38(36,37)35-33(29-15-10-7-11-16-29)32(28-13-8-6-9-14-28)34-22-12-17-31-26(4)24(2)25(3)27(31)5/h6-16,18-22,31-35H,17H2,1-5H3/b22-12+/t32-,33-/m0/s1. The summed E-state index contributed by atoms with van der Waals surface area (Å²) in [6.45, 7) is 10.8. The zero-order chi connectivity index (χ0) is 27.3. The predicted octanol–water partition coefficient (Wildman–Crippen LogP) is 7.55. The van der Waals surface area contributed by atoms with E-state index in [2.05, 4.69) is 43.8 Å². The van der Waals surface area contributed by atoms with Crippen molar-refractivity contribution in [3.8, 4) is 0 Å². The Bertz CT molecular complexity index is 1410. The molecule has 5 heteroatoms. The van der Waals surface area contributed by atoms with Gasteiger partial charge in [0.25, 0.3) is 0 Å². The summed E-state index contributed by atoms with van der Waals surface area (Å²) < 4.78 is 30.1. The molecule has 0 amide bonds. The van der Waals surface area contributed by atoms with Gasteiger partial charge in [-0.1, -0.05) is 95.6 Å². The lowest BCUT2D eigenvalue weighted by molar-refractivity contribution is 0.462. The lowest BCUT2D eigenvalue weighted by Gasteiger charge is -2.29. The van der Waals surface area contributed by atoms with Gasteiger partial charge in [0.2, 0.25) is 10.0 Å². The SMILES string of the molecule is CC1=C(C)C(C/C=C/N[C@@H](c2ccccc2)[C@@H](NS(=O)(=O)c2ccc(C)cc2)c2ccccc2)C(C)=C1C. The maximum Gasteiger partial charge on any atom is 0.241 e. The van der Waals surface area contributed by atoms with E-state index in [1.807, 2.05) is 85.9 Å². The highest BCUT2D eigenvalue weighted by Gasteiger charge is 2.29. The molecule has 0 spiro atoms. The minimum atomic E-state index is -3.77. The second-order valence-corrected chi connectivity index (χ2v) is 11.9. The normalized spacial score (nSPS) is 16.3. The quantitative estimate of drug-likeness (QED) is 0.287. The zero-order valence-electron chi connectivity index (χ0n) is 22.9. The smallest absolute Gasteiger partial charge is 0.241 e. The molecule has 0 radical (unpaired) electrons. The van der Waals surface area contributed by atoms with Crippen LogP contribution in [0.25, 0.3) is 0 Å². The number of aryl methyl sites for hydroxylation is 1. The minimum Gasteiger partial charge on any atom is -0.382 e. The molecule has 3 aromatic rings. The average Bonchev–Trinajstić information content (AvgIpc) is 3.11. The van der Waals surface area contributed by atoms with E-state index >= 15 is 0 Å². The van der Waals surface area contributed by atoms with E-state index in [4.69, 9.17) is 0 Å². The van der Waals surface area contributed by atoms with Crippen LogP contribution in [0.3, 0.4) is 0 Å². The molecule has 4 nitrogen and oxygen atoms in total. The third kappa shape index (κ3) is 6.17. The Balaban J connectivity index is 1.65. The van der Waals surface area contributed by atoms with E-state index in [0.717, 1.165) is 23.1 Å². The lowest BCUT2D eigenvalue weighted by atomic mass is 9.93. The van der Waals surface area contributed by atoms with E-state index in [-0.39, 0.29) is 10.9 Å². The number of rotatable bonds is 10. The molecular weight excluding hydrogens is 488 g/mol. The largest absolute Gasteiger partial charge is 0.382 e. The summed E-state index contributed by atoms with van der Waals surface area (Å²) in [6.07, 6.45) is 5.04. The first-order valence-electron chi connectivity index (χ1n) is 13.1. The van der Waals surface area contributed by atoms with Crippen molar-refractivity contribution in [3.63, 3.8) is 0 Å². The molecule has 2 atom stereocenters. The van der Waals surface area contributed by atoms with Crippen LogP contribution in [0.4, 0.5) is 0 Å². The fourth-order valence-corrected chi connectivity index (χ4v) is 6.39. The monoisotopic (exact) mass is 526 g/mol. The van der Waals surface area contributed by atoms with Gasteiger partial charge in [-0.25, -0.2) is 13.1 Å². The molecule has 0 aromatic heterocycles. The molecule has 38 heavy (non-hydrogen) atoms. The first kappa shape index (κ1) is 27.6. The Morgan fingerprint density at radius 3 is 1.74 bits per heavy atom. The van der Waals surface area contributed by atoms with Crippen LogP contribution in [0.5, 0.6) is 0 Å². The van der Waals surface area contributed by atoms with Crippen LogP contribution >= 0.6 is 0 Å². The molecule has 0 heterocycles. The molecule has 0 saturated carbocycles. The second kappa shape index (κ2) is 12.0. The van der Waals surface area contributed by atoms with E-state index in [0.29, 0.717) is 5.92 Å². The van der Waals surface area contributed by atoms with Gasteiger partial charge in [0.15, 0.2) is 0 Å². The molecule has 3 aromatic carbocycles. The molecular formula is C33H38N2O2S. The number of allylic oxidation sites excluding steroid dienone is 5. The van der Waals surface area contributed by atoms with Crippen molar-refractivity contribution in [2.24, 2.45) is 5.92 Å². The van der Waals surface area contributed by atoms with Gasteiger partial charge in [-0.15, -0.1) is 0 Å². The summed E-state index contributed by atoms with van der Waals surface area (Å²) in [4.78, 5) is 0.253. The van der Waals surface area contributed by atoms with Gasteiger partial charge >= 0.3 is 0 Å². The van der Waals surface area contributed by atoms with E-state index in [1.54, 1.807) is 12.1 Å². The Labute approximate surface area is 228 Å². The van der Waals surface area contributed by atoms with Gasteiger partial charge in [0.05, 0.1) is 17.0 Å². The zero-order valence-corrected chi connectivity index (χ0v) is 23.7. The topological polar surface area (TPSA) is 58.2 Å². The van der Waals surface area contributed by atoms with Crippen molar-refractivity contribution in [1.82, 2.24) is 10.0 Å². The van der Waals surface area contributed by atoms with Crippen molar-refractivity contribution >= 4 is 10.0 Å². The summed E-state index contributed by atoms with van der Waals surface area (Å²) in [6, 6.07) is 25.9. The van der Waals surface area contributed by atoms with Crippen molar-refractivity contribution in [1.29, 1.82) is 0 Å². The number of nitrogens with one attached hydrogen (secondary N) is 2. The third-order valence-electron chi connectivity index (χ3n) is 7.82. The first-order valence-corrected chi connectivity index (χ1v) is 14.6. The van der Waals surface area contributed by atoms with Gasteiger partial charge in [-0.3, -0.25) is 0 Å². The average molecular weight is 527 g/mol. The van der Waals surface area contributed by atoms with E-state index in [1.165, 1.54) is 22.3 Å². The van der Waals surface area contributed by atoms with Crippen LogP contribution in [0.2, 0.25) is 0 Å². The third-order valence-corrected chi connectivity index (χ3v) is 9.28. The molecule has 0 aliphatic heterocycles. The van der Waals surface area contributed by atoms with Gasteiger partial charge in [0, 0.05) is 5.92 Å². The molecule has 0 fully saturated rings. The van der Waals surface area contributed by atoms with Gasteiger partial charge in [-0.2, -0.15) is 0 Å². The Morgan fingerprint density at radius 2 is 1.21 bits per heavy atom. The van der Waals surface area contributed by atoms with E-state index < -0.39 is 16.1 Å². The maximum atomic E-state index is 13.5. The highest BCUT2D eigenvalue weighted by Crippen LogP contribution is 2.38. The minimum absolute atomic E-state index is 0.253. The number of benzene rings is 3. The summed E-state index contributed by atoms with van der Waals surface area (Å²) in [7, 11) is -3.77. The Kier molecular flexibility index (Phi) is 8.70. The Hall–Kier alpha value is -3.41. The van der Waals surface area contributed by atoms with Crippen LogP contribution in [0, 0.1) is 12.8 Å². The first-order chi connectivity index (χ1) is 18.2. The molecule has 2 N–H and O–H groups in total. The maximum absolute atomic E-state index is 13.5. The summed E-state index contributed by atoms with van der Waals surface area (Å²) in [5.74, 6) is 0.410. The number of sulfonamides is 1. The van der Waals surface area contributed by atoms with Crippen molar-refractivity contribution < 1.29 is 8.42 Å². The van der Waals surface area contributed by atoms with Crippen LogP contribution in [-0.4, -0.2) is 8.42 Å². The summed E-state index contributed by atoms with van der Waals surface area (Å²) in [5, 5.41) is 3.55.